The van der Waals surface area contributed by atoms with Crippen molar-refractivity contribution in [1.29, 1.82) is 0 Å². The standard InChI is InChI=1S/C13H16BrNO3/c1-9-8-15(5-6-18-9)13(16)10-3-4-12(17-2)11(14)7-10/h3-4,7,9H,5-6,8H2,1-2H3. The van der Waals surface area contributed by atoms with Gasteiger partial charge in [0.15, 0.2) is 0 Å². The summed E-state index contributed by atoms with van der Waals surface area (Å²) < 4.78 is 11.4. The minimum Gasteiger partial charge on any atom is -0.496 e. The molecule has 0 spiro atoms. The summed E-state index contributed by atoms with van der Waals surface area (Å²) >= 11 is 3.39. The minimum atomic E-state index is 0.0357. The number of morpholine rings is 1. The monoisotopic (exact) mass is 313 g/mol. The van der Waals surface area contributed by atoms with Crippen LogP contribution in [0, 0.1) is 0 Å². The van der Waals surface area contributed by atoms with E-state index >= 15 is 0 Å². The van der Waals surface area contributed by atoms with Gasteiger partial charge in [-0.25, -0.2) is 0 Å². The van der Waals surface area contributed by atoms with Gasteiger partial charge in [0, 0.05) is 18.7 Å². The number of benzene rings is 1. The average Bonchev–Trinajstić information content (AvgIpc) is 2.37. The van der Waals surface area contributed by atoms with Crippen LogP contribution in [0.25, 0.3) is 0 Å². The maximum absolute atomic E-state index is 12.3. The molecule has 1 aliphatic heterocycles. The molecule has 1 aromatic carbocycles. The first-order valence-electron chi connectivity index (χ1n) is 5.86. The smallest absolute Gasteiger partial charge is 0.254 e. The van der Waals surface area contributed by atoms with Gasteiger partial charge in [0.25, 0.3) is 5.91 Å². The number of carbonyl (C=O) groups excluding carboxylic acids is 1. The molecule has 98 valence electrons. The van der Waals surface area contributed by atoms with Crippen LogP contribution in [-0.4, -0.2) is 43.7 Å². The van der Waals surface area contributed by atoms with E-state index in [4.69, 9.17) is 9.47 Å². The van der Waals surface area contributed by atoms with E-state index in [1.54, 1.807) is 25.3 Å². The number of halogens is 1. The first-order valence-corrected chi connectivity index (χ1v) is 6.65. The van der Waals surface area contributed by atoms with Crippen LogP contribution >= 0.6 is 15.9 Å². The highest BCUT2D eigenvalue weighted by Gasteiger charge is 2.22. The number of amides is 1. The molecular weight excluding hydrogens is 298 g/mol. The Morgan fingerprint density at radius 3 is 2.94 bits per heavy atom. The highest BCUT2D eigenvalue weighted by Crippen LogP contribution is 2.26. The van der Waals surface area contributed by atoms with Crippen LogP contribution in [-0.2, 0) is 4.74 Å². The molecule has 0 saturated carbocycles. The Morgan fingerprint density at radius 2 is 2.33 bits per heavy atom. The molecule has 0 bridgehead atoms. The third-order valence-corrected chi connectivity index (χ3v) is 3.55. The lowest BCUT2D eigenvalue weighted by atomic mass is 10.1. The van der Waals surface area contributed by atoms with Crippen LogP contribution in [0.4, 0.5) is 0 Å². The molecule has 5 heteroatoms. The molecule has 0 aliphatic carbocycles. The van der Waals surface area contributed by atoms with Gasteiger partial charge in [-0.1, -0.05) is 0 Å². The summed E-state index contributed by atoms with van der Waals surface area (Å²) in [5.74, 6) is 0.760. The molecule has 1 unspecified atom stereocenters. The molecule has 1 saturated heterocycles. The van der Waals surface area contributed by atoms with E-state index in [-0.39, 0.29) is 12.0 Å². The van der Waals surface area contributed by atoms with Crippen LogP contribution in [0.1, 0.15) is 17.3 Å². The second-order valence-corrected chi connectivity index (χ2v) is 5.14. The summed E-state index contributed by atoms with van der Waals surface area (Å²) in [7, 11) is 1.60. The number of nitrogens with zero attached hydrogens (tertiary/aromatic N) is 1. The lowest BCUT2D eigenvalue weighted by Gasteiger charge is -2.31. The molecule has 0 N–H and O–H groups in total. The fourth-order valence-corrected chi connectivity index (χ4v) is 2.53. The second-order valence-electron chi connectivity index (χ2n) is 4.28. The van der Waals surface area contributed by atoms with Crippen LogP contribution < -0.4 is 4.74 Å². The van der Waals surface area contributed by atoms with Gasteiger partial charge in [-0.15, -0.1) is 0 Å². The molecule has 1 heterocycles. The number of hydrogen-bond acceptors (Lipinski definition) is 3. The molecule has 1 amide bonds. The Kier molecular flexibility index (Phi) is 4.24. The topological polar surface area (TPSA) is 38.8 Å². The van der Waals surface area contributed by atoms with E-state index in [0.717, 1.165) is 10.2 Å². The number of carbonyl (C=O) groups is 1. The van der Waals surface area contributed by atoms with Crippen molar-refractivity contribution in [2.75, 3.05) is 26.8 Å². The zero-order chi connectivity index (χ0) is 13.1. The Balaban J connectivity index is 2.15. The van der Waals surface area contributed by atoms with E-state index in [2.05, 4.69) is 15.9 Å². The van der Waals surface area contributed by atoms with Crippen LogP contribution in [0.2, 0.25) is 0 Å². The molecule has 2 rings (SSSR count). The zero-order valence-electron chi connectivity index (χ0n) is 10.5. The summed E-state index contributed by atoms with van der Waals surface area (Å²) in [5, 5.41) is 0. The van der Waals surface area contributed by atoms with Gasteiger partial charge < -0.3 is 14.4 Å². The van der Waals surface area contributed by atoms with Gasteiger partial charge in [-0.2, -0.15) is 0 Å². The third-order valence-electron chi connectivity index (χ3n) is 2.93. The van der Waals surface area contributed by atoms with E-state index < -0.39 is 0 Å². The van der Waals surface area contributed by atoms with Crippen molar-refractivity contribution in [2.24, 2.45) is 0 Å². The van der Waals surface area contributed by atoms with Gasteiger partial charge in [0.05, 0.1) is 24.3 Å². The molecule has 4 nitrogen and oxygen atoms in total. The van der Waals surface area contributed by atoms with Crippen LogP contribution in [0.15, 0.2) is 22.7 Å². The van der Waals surface area contributed by atoms with Crippen molar-refractivity contribution >= 4 is 21.8 Å². The van der Waals surface area contributed by atoms with Gasteiger partial charge in [0.2, 0.25) is 0 Å². The maximum Gasteiger partial charge on any atom is 0.254 e. The molecule has 1 aromatic rings. The third kappa shape index (κ3) is 2.84. The first kappa shape index (κ1) is 13.4. The Bertz CT molecular complexity index is 450. The predicted molar refractivity (Wildman–Crippen MR) is 72.0 cm³/mol. The zero-order valence-corrected chi connectivity index (χ0v) is 12.1. The highest BCUT2D eigenvalue weighted by molar-refractivity contribution is 9.10. The molecule has 1 aliphatic rings. The normalized spacial score (nSPS) is 19.7. The first-order chi connectivity index (χ1) is 8.61. The molecule has 1 atom stereocenters. The number of rotatable bonds is 2. The second kappa shape index (κ2) is 5.71. The number of ether oxygens (including phenoxy) is 2. The summed E-state index contributed by atoms with van der Waals surface area (Å²) in [6.45, 7) is 3.86. The van der Waals surface area contributed by atoms with E-state index in [0.29, 0.717) is 25.3 Å². The van der Waals surface area contributed by atoms with Crippen molar-refractivity contribution in [3.63, 3.8) is 0 Å². The van der Waals surface area contributed by atoms with Gasteiger partial charge in [-0.05, 0) is 41.1 Å². The Labute approximate surface area is 115 Å². The van der Waals surface area contributed by atoms with Gasteiger partial charge in [0.1, 0.15) is 5.75 Å². The SMILES string of the molecule is COc1ccc(C(=O)N2CCOC(C)C2)cc1Br. The van der Waals surface area contributed by atoms with Crippen molar-refractivity contribution in [2.45, 2.75) is 13.0 Å². The van der Waals surface area contributed by atoms with Crippen molar-refractivity contribution < 1.29 is 14.3 Å². The molecule has 0 aromatic heterocycles. The minimum absolute atomic E-state index is 0.0357. The van der Waals surface area contributed by atoms with Crippen molar-refractivity contribution in [3.05, 3.63) is 28.2 Å². The van der Waals surface area contributed by atoms with Crippen molar-refractivity contribution in [3.8, 4) is 5.75 Å². The fraction of sp³-hybridized carbons (Fsp3) is 0.462. The van der Waals surface area contributed by atoms with Crippen LogP contribution in [0.3, 0.4) is 0 Å². The summed E-state index contributed by atoms with van der Waals surface area (Å²) in [4.78, 5) is 14.1. The number of methoxy groups -OCH3 is 1. The lowest BCUT2D eigenvalue weighted by molar-refractivity contribution is -0.0124. The van der Waals surface area contributed by atoms with Gasteiger partial charge >= 0.3 is 0 Å². The lowest BCUT2D eigenvalue weighted by Crippen LogP contribution is -2.44. The molecule has 0 radical (unpaired) electrons. The fourth-order valence-electron chi connectivity index (χ4n) is 1.98. The Hall–Kier alpha value is -1.07. The largest absolute Gasteiger partial charge is 0.496 e. The van der Waals surface area contributed by atoms with E-state index in [1.807, 2.05) is 11.8 Å². The average molecular weight is 314 g/mol. The quantitative estimate of drug-likeness (QED) is 0.841. The van der Waals surface area contributed by atoms with Gasteiger partial charge in [-0.3, -0.25) is 4.79 Å². The van der Waals surface area contributed by atoms with Crippen LogP contribution in [0.5, 0.6) is 5.75 Å². The highest BCUT2D eigenvalue weighted by atomic mass is 79.9. The molecule has 18 heavy (non-hydrogen) atoms. The number of hydrogen-bond donors (Lipinski definition) is 0. The molecular formula is C13H16BrNO3. The van der Waals surface area contributed by atoms with E-state index in [1.165, 1.54) is 0 Å². The summed E-state index contributed by atoms with van der Waals surface area (Å²) in [6.07, 6.45) is 0.101. The predicted octanol–water partition coefficient (Wildman–Crippen LogP) is 2.32. The summed E-state index contributed by atoms with van der Waals surface area (Å²) in [5.41, 5.74) is 0.664. The Morgan fingerprint density at radius 1 is 1.56 bits per heavy atom. The van der Waals surface area contributed by atoms with E-state index in [9.17, 15) is 4.79 Å². The maximum atomic E-state index is 12.3. The summed E-state index contributed by atoms with van der Waals surface area (Å²) in [6, 6.07) is 5.37. The molecule has 1 fully saturated rings. The van der Waals surface area contributed by atoms with Crippen molar-refractivity contribution in [1.82, 2.24) is 4.90 Å².